The van der Waals surface area contributed by atoms with Crippen molar-refractivity contribution in [2.24, 2.45) is 11.8 Å². The molecule has 0 aromatic heterocycles. The van der Waals surface area contributed by atoms with Crippen molar-refractivity contribution in [1.82, 2.24) is 0 Å². The van der Waals surface area contributed by atoms with Gasteiger partial charge in [0.25, 0.3) is 5.60 Å². The smallest absolute Gasteiger partial charge is 0.346 e. The van der Waals surface area contributed by atoms with E-state index in [2.05, 4.69) is 38.2 Å². The second-order valence-corrected chi connectivity index (χ2v) is 24.0. The first-order valence-corrected chi connectivity index (χ1v) is 33.0. The van der Waals surface area contributed by atoms with E-state index in [4.69, 9.17) is 23.7 Å². The van der Waals surface area contributed by atoms with E-state index in [1.807, 2.05) is 56.3 Å². The molecule has 3 rings (SSSR count). The van der Waals surface area contributed by atoms with Gasteiger partial charge < -0.3 is 44.1 Å². The molecule has 9 unspecified atom stereocenters. The van der Waals surface area contributed by atoms with Crippen LogP contribution in [0.1, 0.15) is 278 Å². The van der Waals surface area contributed by atoms with Crippen molar-refractivity contribution in [2.45, 2.75) is 314 Å². The van der Waals surface area contributed by atoms with Crippen LogP contribution in [0.25, 0.3) is 6.08 Å². The van der Waals surface area contributed by atoms with E-state index in [1.54, 1.807) is 6.92 Å². The second-order valence-electron chi connectivity index (χ2n) is 24.0. The lowest BCUT2D eigenvalue weighted by molar-refractivity contribution is -0.376. The first-order valence-electron chi connectivity index (χ1n) is 33.0. The Morgan fingerprint density at radius 3 is 1.56 bits per heavy atom. The number of esters is 3. The predicted octanol–water partition coefficient (Wildman–Crippen LogP) is 16.0. The number of carboxylic acid groups (broad SMARTS) is 1. The second kappa shape index (κ2) is 42.8. The fraction of sp³-hybridized carbons (Fsp3) is 0.768. The average Bonchev–Trinajstić information content (AvgIpc) is 1.52. The first-order chi connectivity index (χ1) is 39.7. The molecule has 13 nitrogen and oxygen atoms in total. The monoisotopic (exact) mass is 1150 g/mol. The summed E-state index contributed by atoms with van der Waals surface area (Å²) in [4.78, 5) is 57.4. The zero-order valence-corrected chi connectivity index (χ0v) is 51.9. The van der Waals surface area contributed by atoms with Crippen LogP contribution in [0, 0.1) is 11.8 Å². The van der Waals surface area contributed by atoms with Gasteiger partial charge in [0.15, 0.2) is 6.10 Å². The fourth-order valence-corrected chi connectivity index (χ4v) is 11.6. The number of benzene rings is 1. The Hall–Kier alpha value is -3.88. The third-order valence-electron chi connectivity index (χ3n) is 16.9. The lowest BCUT2D eigenvalue weighted by Crippen LogP contribution is -2.78. The summed E-state index contributed by atoms with van der Waals surface area (Å²) in [5.74, 6) is -8.74. The molecule has 1 aromatic carbocycles. The maximum Gasteiger partial charge on any atom is 0.346 e. The molecule has 13 heteroatoms. The largest absolute Gasteiger partial charge is 0.479 e. The molecule has 0 amide bonds. The number of hydrogen-bond acceptors (Lipinski definition) is 12. The SMILES string of the molecule is CC=CCCCCC=CCCCCC(=O)OC1C(O)C2(CCC(C)C(O)C(C)CC=Cc3ccccc3)OC(C(=O)O)C(O)(C(=O)OCCCCCCCCCCCCCCC)C1(C(=O)OCCCCCCCCCCCCCCC)O2. The Morgan fingerprint density at radius 2 is 1.07 bits per heavy atom. The van der Waals surface area contributed by atoms with Crippen LogP contribution in [0.2, 0.25) is 0 Å². The van der Waals surface area contributed by atoms with Gasteiger partial charge in [-0.3, -0.25) is 4.79 Å². The van der Waals surface area contributed by atoms with Crippen molar-refractivity contribution in [1.29, 1.82) is 0 Å². The molecule has 1 aromatic rings. The van der Waals surface area contributed by atoms with Gasteiger partial charge >= 0.3 is 23.9 Å². The number of aliphatic hydroxyl groups excluding tert-OH is 2. The van der Waals surface area contributed by atoms with Crippen LogP contribution in [-0.2, 0) is 42.9 Å². The highest BCUT2D eigenvalue weighted by atomic mass is 16.8. The van der Waals surface area contributed by atoms with Gasteiger partial charge in [0.2, 0.25) is 17.5 Å². The third kappa shape index (κ3) is 25.0. The summed E-state index contributed by atoms with van der Waals surface area (Å²) >= 11 is 0. The summed E-state index contributed by atoms with van der Waals surface area (Å²) in [5, 5.41) is 48.2. The van der Waals surface area contributed by atoms with Gasteiger partial charge in [-0.1, -0.05) is 249 Å². The van der Waals surface area contributed by atoms with Gasteiger partial charge in [0.05, 0.1) is 19.3 Å². The number of fused-ring (bicyclic) bond motifs is 2. The molecule has 2 aliphatic heterocycles. The molecule has 2 aliphatic rings. The summed E-state index contributed by atoms with van der Waals surface area (Å²) in [6.07, 6.45) is 38.9. The number of rotatable bonds is 50. The highest BCUT2D eigenvalue weighted by molar-refractivity contribution is 5.99. The van der Waals surface area contributed by atoms with Crippen molar-refractivity contribution in [3.8, 4) is 0 Å². The number of ether oxygens (including phenoxy) is 5. The van der Waals surface area contributed by atoms with Crippen LogP contribution in [0.4, 0.5) is 0 Å². The quantitative estimate of drug-likeness (QED) is 0.0208. The number of carbonyl (C=O) groups excluding carboxylic acids is 3. The highest BCUT2D eigenvalue weighted by Crippen LogP contribution is 2.56. The lowest BCUT2D eigenvalue weighted by Gasteiger charge is -2.49. The van der Waals surface area contributed by atoms with Crippen molar-refractivity contribution in [2.75, 3.05) is 13.2 Å². The summed E-state index contributed by atoms with van der Waals surface area (Å²) < 4.78 is 30.4. The van der Waals surface area contributed by atoms with Crippen molar-refractivity contribution in [3.63, 3.8) is 0 Å². The molecular weight excluding hydrogens is 1040 g/mol. The Bertz CT molecular complexity index is 1950. The summed E-state index contributed by atoms with van der Waals surface area (Å²) in [5.41, 5.74) is -5.62. The van der Waals surface area contributed by atoms with Crippen LogP contribution < -0.4 is 0 Å². The maximum absolute atomic E-state index is 15.1. The first kappa shape index (κ1) is 72.4. The van der Waals surface area contributed by atoms with Gasteiger partial charge in [-0.2, -0.15) is 0 Å². The van der Waals surface area contributed by atoms with E-state index in [0.29, 0.717) is 51.4 Å². The van der Waals surface area contributed by atoms with Crippen LogP contribution >= 0.6 is 0 Å². The number of allylic oxidation sites excluding steroid dienone is 5. The number of aliphatic hydroxyl groups is 3. The number of hydrogen-bond donors (Lipinski definition) is 4. The topological polar surface area (TPSA) is 195 Å². The molecule has 0 saturated carbocycles. The van der Waals surface area contributed by atoms with Crippen molar-refractivity contribution < 1.29 is 63.3 Å². The maximum atomic E-state index is 15.1. The summed E-state index contributed by atoms with van der Waals surface area (Å²) in [6, 6.07) is 9.80. The minimum atomic E-state index is -3.50. The lowest BCUT2D eigenvalue weighted by atomic mass is 9.74. The molecule has 4 N–H and O–H groups in total. The Morgan fingerprint density at radius 1 is 0.610 bits per heavy atom. The van der Waals surface area contributed by atoms with Crippen LogP contribution in [0.5, 0.6) is 0 Å². The van der Waals surface area contributed by atoms with Crippen LogP contribution in [-0.4, -0.2) is 98.9 Å². The average molecular weight is 1150 g/mol. The van der Waals surface area contributed by atoms with Crippen molar-refractivity contribution >= 4 is 30.0 Å². The molecular formula is C69H114O13. The van der Waals surface area contributed by atoms with Crippen LogP contribution in [0.3, 0.4) is 0 Å². The Kier molecular flexibility index (Phi) is 37.8. The van der Waals surface area contributed by atoms with Crippen molar-refractivity contribution in [3.05, 3.63) is 66.3 Å². The molecule has 2 fully saturated rings. The minimum absolute atomic E-state index is 0.0628. The molecule has 0 spiro atoms. The third-order valence-corrected chi connectivity index (χ3v) is 16.9. The normalized spacial score (nSPS) is 22.7. The number of unbranched alkanes of at least 4 members (excludes halogenated alkanes) is 29. The van der Waals surface area contributed by atoms with E-state index in [0.717, 1.165) is 82.6 Å². The van der Waals surface area contributed by atoms with E-state index in [1.165, 1.54) is 89.9 Å². The molecule has 82 heavy (non-hydrogen) atoms. The summed E-state index contributed by atoms with van der Waals surface area (Å²) in [7, 11) is 0. The predicted molar refractivity (Wildman–Crippen MR) is 328 cm³/mol. The van der Waals surface area contributed by atoms with E-state index < -0.39 is 71.2 Å². The molecule has 2 bridgehead atoms. The molecule has 468 valence electrons. The number of carbonyl (C=O) groups is 4. The standard InChI is InChI=1S/C69H114O13/c1-6-9-12-15-18-21-24-26-29-32-35-38-44-54-78-65(75)68(77)63(64(73)74)81-67(53-52-57(5)60(71)56(4)47-46-50-58-48-41-40-42-49-58)61(72)62(80-59(70)51-43-37-34-31-28-23-20-17-14-11-8-3)69(68,82-67)66(76)79-55-45-39-36-33-30-27-25-22-19-16-13-10-7-2/h8,11,28,31,40-42,46,48-50,56-57,60-63,71-72,77H,6-7,9-10,12-27,29-30,32-39,43-45,47,51-55H2,1-5H3,(H,73,74). The molecule has 0 aliphatic carbocycles. The van der Waals surface area contributed by atoms with Crippen LogP contribution in [0.15, 0.2) is 60.7 Å². The van der Waals surface area contributed by atoms with Gasteiger partial charge in [0.1, 0.15) is 6.10 Å². The summed E-state index contributed by atoms with van der Waals surface area (Å²) in [6.45, 7) is 9.78. The molecule has 2 heterocycles. The Labute approximate surface area is 496 Å². The van der Waals surface area contributed by atoms with E-state index in [9.17, 15) is 34.8 Å². The Balaban J connectivity index is 1.87. The number of carboxylic acids is 1. The number of aliphatic carboxylic acids is 1. The van der Waals surface area contributed by atoms with E-state index in [-0.39, 0.29) is 38.4 Å². The molecule has 9 atom stereocenters. The fourth-order valence-electron chi connectivity index (χ4n) is 11.6. The zero-order valence-electron chi connectivity index (χ0n) is 51.9. The molecule has 0 radical (unpaired) electrons. The van der Waals surface area contributed by atoms with Gasteiger partial charge in [-0.05, 0) is 95.0 Å². The van der Waals surface area contributed by atoms with Gasteiger partial charge in [-0.15, -0.1) is 0 Å². The zero-order chi connectivity index (χ0) is 59.7. The van der Waals surface area contributed by atoms with Gasteiger partial charge in [0, 0.05) is 12.8 Å². The molecule has 2 saturated heterocycles. The highest BCUT2D eigenvalue weighted by Gasteiger charge is 2.86. The van der Waals surface area contributed by atoms with E-state index >= 15 is 4.79 Å². The van der Waals surface area contributed by atoms with Gasteiger partial charge in [-0.25, -0.2) is 14.4 Å². The minimum Gasteiger partial charge on any atom is -0.479 e.